The van der Waals surface area contributed by atoms with Gasteiger partial charge in [0, 0.05) is 37.0 Å². The highest BCUT2D eigenvalue weighted by molar-refractivity contribution is 5.82. The maximum Gasteiger partial charge on any atom is 0.416 e. The zero-order chi connectivity index (χ0) is 36.7. The average Bonchev–Trinajstić information content (AvgIpc) is 3.63. The number of carboxylic acid groups (broad SMARTS) is 1. The molecule has 4 atom stereocenters. The molecule has 5 rings (SSSR count). The van der Waals surface area contributed by atoms with Gasteiger partial charge in [0.25, 0.3) is 5.56 Å². The second kappa shape index (κ2) is 14.6. The topological polar surface area (TPSA) is 101 Å². The van der Waals surface area contributed by atoms with Crippen molar-refractivity contribution in [3.63, 3.8) is 0 Å². The maximum absolute atomic E-state index is 15.8. The number of pyridine rings is 1. The predicted octanol–water partition coefficient (Wildman–Crippen LogP) is 6.67. The number of nitrogens with one attached hydrogen (secondary N) is 1. The second-order valence-corrected chi connectivity index (χ2v) is 14.0. The summed E-state index contributed by atoms with van der Waals surface area (Å²) >= 11 is 0. The minimum atomic E-state index is -4.81. The Morgan fingerprint density at radius 2 is 1.72 bits per heavy atom. The van der Waals surface area contributed by atoms with E-state index in [1.165, 1.54) is 25.1 Å². The molecular formula is C37H42F5N3O5. The summed E-state index contributed by atoms with van der Waals surface area (Å²) in [7, 11) is 0. The number of halogens is 5. The van der Waals surface area contributed by atoms with E-state index >= 15 is 4.39 Å². The molecule has 0 radical (unpaired) electrons. The fourth-order valence-corrected chi connectivity index (χ4v) is 7.35. The summed E-state index contributed by atoms with van der Waals surface area (Å²) in [6.07, 6.45) is -3.60. The Labute approximate surface area is 287 Å². The lowest BCUT2D eigenvalue weighted by molar-refractivity contribution is -0.139. The van der Waals surface area contributed by atoms with E-state index in [2.05, 4.69) is 10.2 Å². The van der Waals surface area contributed by atoms with Crippen LogP contribution in [0, 0.1) is 38.3 Å². The van der Waals surface area contributed by atoms with Gasteiger partial charge in [0.1, 0.15) is 17.7 Å². The van der Waals surface area contributed by atoms with Gasteiger partial charge in [0.15, 0.2) is 0 Å². The van der Waals surface area contributed by atoms with E-state index in [-0.39, 0.29) is 47.6 Å². The first-order chi connectivity index (χ1) is 23.4. The number of morpholine rings is 1. The van der Waals surface area contributed by atoms with Crippen molar-refractivity contribution in [2.45, 2.75) is 90.7 Å². The van der Waals surface area contributed by atoms with Crippen molar-refractivity contribution in [3.8, 4) is 11.1 Å². The Morgan fingerprint density at radius 1 is 1.04 bits per heavy atom. The Hall–Kier alpha value is -4.10. The number of aryl methyl sites for hydroxylation is 3. The van der Waals surface area contributed by atoms with Gasteiger partial charge >= 0.3 is 12.1 Å². The minimum Gasteiger partial charge on any atom is -0.481 e. The van der Waals surface area contributed by atoms with Gasteiger partial charge in [0.05, 0.1) is 30.7 Å². The molecule has 2 fully saturated rings. The van der Waals surface area contributed by atoms with Crippen molar-refractivity contribution in [1.82, 2.24) is 14.8 Å². The third-order valence-electron chi connectivity index (χ3n) is 9.62. The summed E-state index contributed by atoms with van der Waals surface area (Å²) in [5.41, 5.74) is -0.00728. The fraction of sp³-hybridized carbons (Fsp3) is 0.486. The number of hydrogen-bond acceptors (Lipinski definition) is 5. The molecule has 0 saturated carbocycles. The quantitative estimate of drug-likeness (QED) is 0.205. The van der Waals surface area contributed by atoms with Crippen LogP contribution in [0.1, 0.15) is 78.6 Å². The van der Waals surface area contributed by atoms with E-state index in [9.17, 15) is 37.1 Å². The van der Waals surface area contributed by atoms with E-state index in [0.717, 1.165) is 17.2 Å². The third-order valence-corrected chi connectivity index (χ3v) is 9.62. The highest BCUT2D eigenvalue weighted by Gasteiger charge is 2.40. The van der Waals surface area contributed by atoms with Crippen molar-refractivity contribution in [2.24, 2.45) is 5.92 Å². The Kier molecular flexibility index (Phi) is 10.9. The fourth-order valence-electron chi connectivity index (χ4n) is 7.35. The highest BCUT2D eigenvalue weighted by atomic mass is 19.4. The molecule has 2 aliphatic heterocycles. The van der Waals surface area contributed by atoms with Gasteiger partial charge in [-0.2, -0.15) is 13.2 Å². The number of carbonyl (C=O) groups excluding carboxylic acids is 1. The molecule has 1 aromatic heterocycles. The molecular weight excluding hydrogens is 661 g/mol. The van der Waals surface area contributed by atoms with Crippen LogP contribution >= 0.6 is 0 Å². The monoisotopic (exact) mass is 703 g/mol. The molecule has 13 heteroatoms. The number of ether oxygens (including phenoxy) is 1. The molecule has 2 bridgehead atoms. The number of nitrogens with zero attached hydrogens (tertiary/aromatic N) is 2. The number of rotatable bonds is 12. The third kappa shape index (κ3) is 8.10. The molecule has 0 spiro atoms. The summed E-state index contributed by atoms with van der Waals surface area (Å²) in [5.74, 6) is -3.61. The highest BCUT2D eigenvalue weighted by Crippen LogP contribution is 2.36. The molecule has 50 heavy (non-hydrogen) atoms. The zero-order valence-corrected chi connectivity index (χ0v) is 28.7. The molecule has 1 amide bonds. The number of hydrogen-bond donors (Lipinski definition) is 2. The number of carboxylic acids is 1. The van der Waals surface area contributed by atoms with Gasteiger partial charge in [-0.15, -0.1) is 0 Å². The van der Waals surface area contributed by atoms with Gasteiger partial charge < -0.3 is 19.7 Å². The van der Waals surface area contributed by atoms with Crippen LogP contribution in [-0.2, 0) is 26.9 Å². The normalized spacial score (nSPS) is 18.9. The molecule has 2 aliphatic rings. The van der Waals surface area contributed by atoms with E-state index in [1.54, 1.807) is 33.8 Å². The molecule has 2 saturated heterocycles. The lowest BCUT2D eigenvalue weighted by Gasteiger charge is -2.28. The lowest BCUT2D eigenvalue weighted by Crippen LogP contribution is -2.41. The Morgan fingerprint density at radius 3 is 2.28 bits per heavy atom. The standard InChI is InChI=1S/C37H42F5N3O5/c1-19(2)8-31(45-16-23(29(14-32(45)46)37(40,41)42)6-7-44-17-27-13-26(44)18-50-27)36(49)43-30(15-33(47)48)28-12-24(9-22(5)35(28)39)34-20(3)10-25(38)11-21(34)4/h9-12,14,16,19,26-27,30-31H,6-8,13,15,17-18H2,1-5H3,(H,43,49)(H,47,48)/t26-,27-,30?,31?/m1/s1. The molecule has 3 aromatic rings. The average molecular weight is 704 g/mol. The van der Waals surface area contributed by atoms with Crippen LogP contribution in [0.5, 0.6) is 0 Å². The molecule has 0 aliphatic carbocycles. The molecule has 8 nitrogen and oxygen atoms in total. The lowest BCUT2D eigenvalue weighted by atomic mass is 9.90. The minimum absolute atomic E-state index is 0.0269. The SMILES string of the molecule is Cc1cc(-c2c(C)cc(F)cc2C)cc(C(CC(=O)O)NC(=O)C(CC(C)C)n2cc(CCN3C[C@H]4C[C@@H]3CO4)c(C(F)(F)F)cc2=O)c1F. The largest absolute Gasteiger partial charge is 0.481 e. The first-order valence-electron chi connectivity index (χ1n) is 16.7. The van der Waals surface area contributed by atoms with Crippen molar-refractivity contribution in [3.05, 3.63) is 91.9 Å². The number of amides is 1. The van der Waals surface area contributed by atoms with Crippen LogP contribution in [0.3, 0.4) is 0 Å². The number of aliphatic carboxylic acids is 1. The summed E-state index contributed by atoms with van der Waals surface area (Å²) < 4.78 is 79.0. The van der Waals surface area contributed by atoms with Crippen LogP contribution in [0.15, 0.2) is 41.3 Å². The Balaban J connectivity index is 1.52. The molecule has 2 aromatic carbocycles. The van der Waals surface area contributed by atoms with Crippen LogP contribution in [0.25, 0.3) is 11.1 Å². The molecule has 3 heterocycles. The molecule has 270 valence electrons. The summed E-state index contributed by atoms with van der Waals surface area (Å²) in [6.45, 7) is 9.83. The van der Waals surface area contributed by atoms with E-state index < -0.39 is 59.3 Å². The number of benzene rings is 2. The summed E-state index contributed by atoms with van der Waals surface area (Å²) in [5, 5.41) is 12.4. The second-order valence-electron chi connectivity index (χ2n) is 14.0. The molecule has 2 unspecified atom stereocenters. The van der Waals surface area contributed by atoms with Crippen LogP contribution in [-0.4, -0.2) is 58.3 Å². The number of likely N-dealkylation sites (tertiary alicyclic amines) is 1. The number of aromatic nitrogens is 1. The van der Waals surface area contributed by atoms with E-state index in [0.29, 0.717) is 48.0 Å². The van der Waals surface area contributed by atoms with Crippen molar-refractivity contribution >= 4 is 11.9 Å². The number of carbonyl (C=O) groups is 2. The Bertz CT molecular complexity index is 1820. The van der Waals surface area contributed by atoms with Crippen molar-refractivity contribution in [2.75, 3.05) is 19.7 Å². The first-order valence-corrected chi connectivity index (χ1v) is 16.7. The smallest absolute Gasteiger partial charge is 0.416 e. The van der Waals surface area contributed by atoms with Gasteiger partial charge in [-0.3, -0.25) is 19.3 Å². The predicted molar refractivity (Wildman–Crippen MR) is 177 cm³/mol. The van der Waals surface area contributed by atoms with Gasteiger partial charge in [0.2, 0.25) is 5.91 Å². The zero-order valence-electron chi connectivity index (χ0n) is 28.7. The first kappa shape index (κ1) is 37.2. The van der Waals surface area contributed by atoms with E-state index in [1.807, 2.05) is 0 Å². The van der Waals surface area contributed by atoms with Crippen molar-refractivity contribution < 1.29 is 41.4 Å². The number of alkyl halides is 3. The number of fused-ring (bicyclic) bond motifs is 2. The van der Waals surface area contributed by atoms with Crippen LogP contribution in [0.2, 0.25) is 0 Å². The summed E-state index contributed by atoms with van der Waals surface area (Å²) in [4.78, 5) is 41.5. The summed E-state index contributed by atoms with van der Waals surface area (Å²) in [6, 6.07) is 3.50. The van der Waals surface area contributed by atoms with Crippen LogP contribution < -0.4 is 10.9 Å². The van der Waals surface area contributed by atoms with Gasteiger partial charge in [-0.1, -0.05) is 13.8 Å². The maximum atomic E-state index is 15.8. The van der Waals surface area contributed by atoms with Crippen LogP contribution in [0.4, 0.5) is 22.0 Å². The molecule has 2 N–H and O–H groups in total. The van der Waals surface area contributed by atoms with Crippen molar-refractivity contribution in [1.29, 1.82) is 0 Å². The van der Waals surface area contributed by atoms with Gasteiger partial charge in [-0.05, 0) is 104 Å². The van der Waals surface area contributed by atoms with Gasteiger partial charge in [-0.25, -0.2) is 8.78 Å². The van der Waals surface area contributed by atoms with E-state index in [4.69, 9.17) is 4.74 Å².